The summed E-state index contributed by atoms with van der Waals surface area (Å²) in [6.07, 6.45) is 21.9. The molecule has 178 valence electrons. The minimum atomic E-state index is 0.945. The maximum absolute atomic E-state index is 4.29. The van der Waals surface area contributed by atoms with E-state index >= 15 is 0 Å². The van der Waals surface area contributed by atoms with Gasteiger partial charge in [0.25, 0.3) is 0 Å². The number of nitrogens with one attached hydrogen (secondary N) is 1. The molecule has 2 aromatic heterocycles. The van der Waals surface area contributed by atoms with Gasteiger partial charge in [-0.3, -0.25) is 4.99 Å². The van der Waals surface area contributed by atoms with Crippen molar-refractivity contribution in [1.29, 1.82) is 0 Å². The van der Waals surface area contributed by atoms with Gasteiger partial charge in [0.1, 0.15) is 6.54 Å². The van der Waals surface area contributed by atoms with Gasteiger partial charge in [-0.15, -0.1) is 11.8 Å². The maximum Gasteiger partial charge on any atom is 0.169 e. The predicted molar refractivity (Wildman–Crippen MR) is 147 cm³/mol. The topological polar surface area (TPSA) is 46.1 Å². The zero-order chi connectivity index (χ0) is 23.8. The average Bonchev–Trinajstić information content (AvgIpc) is 3.39. The van der Waals surface area contributed by atoms with Crippen molar-refractivity contribution >= 4 is 34.6 Å². The van der Waals surface area contributed by atoms with Crippen molar-refractivity contribution in [3.8, 4) is 0 Å². The van der Waals surface area contributed by atoms with Gasteiger partial charge >= 0.3 is 0 Å². The van der Waals surface area contributed by atoms with Gasteiger partial charge in [-0.25, -0.2) is 9.55 Å². The summed E-state index contributed by atoms with van der Waals surface area (Å²) in [5.74, 6) is 1.11. The van der Waals surface area contributed by atoms with E-state index in [1.54, 1.807) is 0 Å². The third-order valence-corrected chi connectivity index (χ3v) is 6.47. The number of aromatic nitrogens is 3. The third kappa shape index (κ3) is 9.40. The summed E-state index contributed by atoms with van der Waals surface area (Å²) in [5, 5.41) is 4.59. The Morgan fingerprint density at radius 3 is 2.50 bits per heavy atom. The number of rotatable bonds is 13. The van der Waals surface area contributed by atoms with Crippen LogP contribution in [0.2, 0.25) is 0 Å². The van der Waals surface area contributed by atoms with Crippen LogP contribution in [0.3, 0.4) is 0 Å². The maximum atomic E-state index is 4.29. The zero-order valence-corrected chi connectivity index (χ0v) is 21.1. The van der Waals surface area contributed by atoms with Crippen molar-refractivity contribution in [1.82, 2.24) is 9.55 Å². The highest BCUT2D eigenvalue weighted by atomic mass is 32.2. The molecule has 3 rings (SSSR count). The fourth-order valence-electron chi connectivity index (χ4n) is 3.45. The lowest BCUT2D eigenvalue weighted by Gasteiger charge is -2.07. The lowest BCUT2D eigenvalue weighted by Crippen LogP contribution is -2.32. The van der Waals surface area contributed by atoms with Crippen molar-refractivity contribution in [3.63, 3.8) is 0 Å². The minimum Gasteiger partial charge on any atom is -0.385 e. The highest BCUT2D eigenvalue weighted by Crippen LogP contribution is 2.13. The molecule has 6 heteroatoms. The summed E-state index contributed by atoms with van der Waals surface area (Å²) < 4.78 is 4.36. The molecule has 0 atom stereocenters. The number of aliphatic imine (C=N–C) groups is 1. The molecule has 0 radical (unpaired) electrons. The van der Waals surface area contributed by atoms with E-state index in [2.05, 4.69) is 91.4 Å². The van der Waals surface area contributed by atoms with E-state index < -0.39 is 0 Å². The van der Waals surface area contributed by atoms with E-state index in [-0.39, 0.29) is 0 Å². The number of allylic oxidation sites excluding steroid dienone is 1. The number of nitrogens with zero attached hydrogens (tertiary/aromatic N) is 4. The number of imidazole rings is 1. The molecule has 5 nitrogen and oxygen atoms in total. The van der Waals surface area contributed by atoms with Crippen LogP contribution >= 0.6 is 11.8 Å². The van der Waals surface area contributed by atoms with Crippen LogP contribution in [0.4, 0.5) is 5.69 Å². The first-order valence-electron chi connectivity index (χ1n) is 12.0. The Hall–Kier alpha value is -3.12. The molecule has 0 amide bonds. The summed E-state index contributed by atoms with van der Waals surface area (Å²) >= 11 is 1.83. The van der Waals surface area contributed by atoms with Gasteiger partial charge in [0.15, 0.2) is 12.4 Å². The van der Waals surface area contributed by atoms with Crippen LogP contribution in [0.1, 0.15) is 37.3 Å². The second kappa shape index (κ2) is 14.9. The standard InChI is InChI=1S/C28H35N5S/c1-3-7-28(29-2)34-23-5-4-18-32-20-14-26(15-21-32)9-8-25-10-12-27(13-11-25)31-16-6-19-33-22-17-30-24-33/h3,7-15,17,20-22,24H,4-6,16,18-19,23H2,1-2H3/p+1/b7-3-,29-28-. The molecular weight excluding hydrogens is 438 g/mol. The van der Waals surface area contributed by atoms with Crippen molar-refractivity contribution < 1.29 is 4.57 Å². The molecule has 0 saturated carbocycles. The summed E-state index contributed by atoms with van der Waals surface area (Å²) in [6.45, 7) is 5.00. The van der Waals surface area contributed by atoms with Gasteiger partial charge < -0.3 is 9.88 Å². The molecular formula is C28H36N5S+. The van der Waals surface area contributed by atoms with Crippen LogP contribution in [0.15, 0.2) is 84.7 Å². The van der Waals surface area contributed by atoms with Gasteiger partial charge in [0, 0.05) is 56.8 Å². The highest BCUT2D eigenvalue weighted by Gasteiger charge is 2.01. The van der Waals surface area contributed by atoms with E-state index in [1.807, 2.05) is 50.5 Å². The molecule has 0 bridgehead atoms. The Morgan fingerprint density at radius 2 is 1.82 bits per heavy atom. The normalized spacial score (nSPS) is 12.1. The second-order valence-corrected chi connectivity index (χ2v) is 9.14. The summed E-state index contributed by atoms with van der Waals surface area (Å²) in [7, 11) is 1.85. The SMILES string of the molecule is C/C=C\C(=N\C)SCCCC[n+]1ccc(/C=C/c2ccc(NCCCn3ccnc3)cc2)cc1. The number of thioether (sulfide) groups is 1. The largest absolute Gasteiger partial charge is 0.385 e. The summed E-state index contributed by atoms with van der Waals surface area (Å²) in [6, 6.07) is 12.9. The molecule has 1 N–H and O–H groups in total. The molecule has 0 aliphatic carbocycles. The van der Waals surface area contributed by atoms with Gasteiger partial charge in [-0.05, 0) is 54.9 Å². The number of pyridine rings is 1. The predicted octanol–water partition coefficient (Wildman–Crippen LogP) is 5.96. The lowest BCUT2D eigenvalue weighted by atomic mass is 10.1. The zero-order valence-electron chi connectivity index (χ0n) is 20.3. The van der Waals surface area contributed by atoms with Crippen LogP contribution in [-0.2, 0) is 13.1 Å². The van der Waals surface area contributed by atoms with Crippen LogP contribution in [-0.4, -0.2) is 33.9 Å². The van der Waals surface area contributed by atoms with Crippen molar-refractivity contribution in [2.24, 2.45) is 4.99 Å². The lowest BCUT2D eigenvalue weighted by molar-refractivity contribution is -0.697. The smallest absolute Gasteiger partial charge is 0.169 e. The fraction of sp³-hybridized carbons (Fsp3) is 0.321. The summed E-state index contributed by atoms with van der Waals surface area (Å²) in [5.41, 5.74) is 3.57. The number of aryl methyl sites for hydroxylation is 2. The minimum absolute atomic E-state index is 0.945. The number of benzene rings is 1. The van der Waals surface area contributed by atoms with E-state index in [0.717, 1.165) is 42.5 Å². The average molecular weight is 475 g/mol. The monoisotopic (exact) mass is 474 g/mol. The number of anilines is 1. The first-order valence-corrected chi connectivity index (χ1v) is 12.9. The molecule has 0 fully saturated rings. The van der Waals surface area contributed by atoms with Crippen LogP contribution < -0.4 is 9.88 Å². The van der Waals surface area contributed by atoms with Crippen LogP contribution in [0.25, 0.3) is 12.2 Å². The first-order chi connectivity index (χ1) is 16.8. The Labute approximate surface area is 208 Å². The van der Waals surface area contributed by atoms with E-state index in [0.29, 0.717) is 0 Å². The van der Waals surface area contributed by atoms with Crippen LogP contribution in [0, 0.1) is 0 Å². The molecule has 2 heterocycles. The molecule has 0 unspecified atom stereocenters. The van der Waals surface area contributed by atoms with Crippen LogP contribution in [0.5, 0.6) is 0 Å². The quantitative estimate of drug-likeness (QED) is 0.144. The Morgan fingerprint density at radius 1 is 1.06 bits per heavy atom. The first kappa shape index (κ1) is 25.5. The number of hydrogen-bond donors (Lipinski definition) is 1. The molecule has 0 aliphatic heterocycles. The molecule has 1 aromatic carbocycles. The van der Waals surface area contributed by atoms with Crippen molar-refractivity contribution in [2.45, 2.75) is 39.3 Å². The Balaban J connectivity index is 1.35. The van der Waals surface area contributed by atoms with E-state index in [4.69, 9.17) is 0 Å². The molecule has 0 spiro atoms. The van der Waals surface area contributed by atoms with Gasteiger partial charge in [0.05, 0.1) is 11.4 Å². The Kier molecular flexibility index (Phi) is 11.2. The number of unbranched alkanes of at least 4 members (excludes halogenated alkanes) is 1. The van der Waals surface area contributed by atoms with E-state index in [9.17, 15) is 0 Å². The summed E-state index contributed by atoms with van der Waals surface area (Å²) in [4.78, 5) is 8.36. The van der Waals surface area contributed by atoms with Gasteiger partial charge in [0.2, 0.25) is 0 Å². The highest BCUT2D eigenvalue weighted by molar-refractivity contribution is 8.14. The molecule has 0 aliphatic rings. The van der Waals surface area contributed by atoms with Crippen molar-refractivity contribution in [3.05, 3.63) is 90.8 Å². The van der Waals surface area contributed by atoms with E-state index in [1.165, 1.54) is 24.0 Å². The third-order valence-electron chi connectivity index (χ3n) is 5.37. The van der Waals surface area contributed by atoms with Gasteiger partial charge in [-0.1, -0.05) is 30.4 Å². The number of hydrogen-bond acceptors (Lipinski definition) is 4. The van der Waals surface area contributed by atoms with Crippen molar-refractivity contribution in [2.75, 3.05) is 24.7 Å². The second-order valence-electron chi connectivity index (χ2n) is 8.02. The Bertz CT molecular complexity index is 1040. The fourth-order valence-corrected chi connectivity index (χ4v) is 4.37. The molecule has 3 aromatic rings. The molecule has 34 heavy (non-hydrogen) atoms. The molecule has 0 saturated heterocycles. The van der Waals surface area contributed by atoms with Gasteiger partial charge in [-0.2, -0.15) is 0 Å².